The molecular weight excluding hydrogens is 787 g/mol. The Labute approximate surface area is 353 Å². The van der Waals surface area contributed by atoms with Crippen LogP contribution in [0.15, 0.2) is 77.1 Å². The highest BCUT2D eigenvalue weighted by molar-refractivity contribution is 6.07. The number of aliphatic hydroxyl groups excluding tert-OH is 1. The van der Waals surface area contributed by atoms with Gasteiger partial charge in [0.2, 0.25) is 5.91 Å². The number of aliphatic hydroxyl groups is 1. The number of fused-ring (bicyclic) bond motifs is 4. The number of unbranched alkanes of at least 4 members (excludes halogenated alkanes) is 2. The molecule has 4 aliphatic rings. The third kappa shape index (κ3) is 8.36. The fourth-order valence-electron chi connectivity index (χ4n) is 7.84. The minimum absolute atomic E-state index is 0.0249. The molecule has 4 aliphatic heterocycles. The van der Waals surface area contributed by atoms with Gasteiger partial charge in [0.25, 0.3) is 11.8 Å². The number of methoxy groups -OCH3 is 2. The highest BCUT2D eigenvalue weighted by atomic mass is 16.6. The van der Waals surface area contributed by atoms with Crippen molar-refractivity contribution in [1.82, 2.24) is 9.80 Å². The van der Waals surface area contributed by atoms with E-state index in [0.29, 0.717) is 59.9 Å². The van der Waals surface area contributed by atoms with Crippen molar-refractivity contribution in [2.75, 3.05) is 37.3 Å². The predicted molar refractivity (Wildman–Crippen MR) is 226 cm³/mol. The van der Waals surface area contributed by atoms with E-state index in [2.05, 4.69) is 4.99 Å². The van der Waals surface area contributed by atoms with Gasteiger partial charge < -0.3 is 39.4 Å². The summed E-state index contributed by atoms with van der Waals surface area (Å²) >= 11 is 0. The maximum absolute atomic E-state index is 14.1. The number of anilines is 2. The van der Waals surface area contributed by atoms with Crippen molar-refractivity contribution in [2.24, 2.45) is 16.6 Å². The molecule has 7 rings (SSSR count). The summed E-state index contributed by atoms with van der Waals surface area (Å²) in [6.45, 7) is 5.88. The number of carbonyl (C=O) groups is 4. The van der Waals surface area contributed by atoms with E-state index in [4.69, 9.17) is 35.3 Å². The second-order valence-corrected chi connectivity index (χ2v) is 15.4. The summed E-state index contributed by atoms with van der Waals surface area (Å²) in [6, 6.07) is 12.8. The molecule has 0 saturated heterocycles. The Balaban J connectivity index is 1.02. The van der Waals surface area contributed by atoms with Crippen molar-refractivity contribution < 1.29 is 48.0 Å². The second-order valence-electron chi connectivity index (χ2n) is 15.4. The molecular formula is C44H51N7O10. The van der Waals surface area contributed by atoms with Crippen molar-refractivity contribution in [2.45, 2.75) is 83.8 Å². The third-order valence-corrected chi connectivity index (χ3v) is 11.1. The minimum Gasteiger partial charge on any atom is -0.493 e. The minimum atomic E-state index is -1.72. The van der Waals surface area contributed by atoms with Gasteiger partial charge in [0.1, 0.15) is 12.3 Å². The van der Waals surface area contributed by atoms with E-state index in [9.17, 15) is 24.3 Å². The Morgan fingerprint density at radius 3 is 2.20 bits per heavy atom. The Kier molecular flexibility index (Phi) is 12.4. The molecule has 0 spiro atoms. The fraction of sp³-hybridized carbons (Fsp3) is 0.386. The lowest BCUT2D eigenvalue weighted by molar-refractivity contribution is -0.118. The van der Waals surface area contributed by atoms with Crippen molar-refractivity contribution >= 4 is 47.1 Å². The molecule has 322 valence electrons. The van der Waals surface area contributed by atoms with Crippen LogP contribution < -0.4 is 40.4 Å². The topological polar surface area (TPSA) is 212 Å². The van der Waals surface area contributed by atoms with E-state index in [1.807, 2.05) is 13.1 Å². The summed E-state index contributed by atoms with van der Waals surface area (Å²) in [4.78, 5) is 61.9. The lowest BCUT2D eigenvalue weighted by atomic mass is 10.0. The Bertz CT molecular complexity index is 2310. The lowest BCUT2D eigenvalue weighted by Gasteiger charge is -2.39. The van der Waals surface area contributed by atoms with Crippen LogP contribution in [-0.4, -0.2) is 90.3 Å². The second kappa shape index (κ2) is 17.7. The van der Waals surface area contributed by atoms with Crippen LogP contribution in [0.1, 0.15) is 85.6 Å². The van der Waals surface area contributed by atoms with Crippen LogP contribution >= 0.6 is 0 Å². The number of nitrogens with two attached hydrogens (primary N) is 2. The number of hydrazine groups is 1. The number of aliphatic imine (C=N–C) groups is 1. The summed E-state index contributed by atoms with van der Waals surface area (Å²) in [5.41, 5.74) is 8.98. The Morgan fingerprint density at radius 1 is 0.885 bits per heavy atom. The molecule has 17 nitrogen and oxygen atoms in total. The number of benzene rings is 3. The van der Waals surface area contributed by atoms with E-state index >= 15 is 0 Å². The summed E-state index contributed by atoms with van der Waals surface area (Å²) in [5.74, 6) is 6.34. The molecule has 17 heteroatoms. The van der Waals surface area contributed by atoms with Gasteiger partial charge in [-0.2, -0.15) is 0 Å². The number of rotatable bonds is 14. The van der Waals surface area contributed by atoms with Crippen molar-refractivity contribution in [3.05, 3.63) is 88.8 Å². The smallest absolute Gasteiger partial charge is 0.416 e. The largest absolute Gasteiger partial charge is 0.493 e. The van der Waals surface area contributed by atoms with E-state index in [1.54, 1.807) is 67.6 Å². The molecule has 3 aromatic carbocycles. The van der Waals surface area contributed by atoms with Gasteiger partial charge in [-0.25, -0.2) is 20.5 Å². The summed E-state index contributed by atoms with van der Waals surface area (Å²) < 4.78 is 29.2. The summed E-state index contributed by atoms with van der Waals surface area (Å²) in [5, 5.41) is 12.9. The van der Waals surface area contributed by atoms with Crippen molar-refractivity contribution in [3.8, 4) is 23.0 Å². The van der Waals surface area contributed by atoms with Crippen LogP contribution in [0.4, 0.5) is 21.9 Å². The maximum atomic E-state index is 14.1. The molecule has 0 radical (unpaired) electrons. The molecule has 3 atom stereocenters. The molecule has 0 saturated carbocycles. The zero-order chi connectivity index (χ0) is 43.6. The Morgan fingerprint density at radius 2 is 1.54 bits per heavy atom. The average molecular weight is 838 g/mol. The number of nitrogens with zero attached hydrogens (tertiary/aromatic N) is 5. The number of hydrogen-bond acceptors (Lipinski definition) is 13. The number of hydrogen-bond donors (Lipinski definition) is 3. The molecule has 1 unspecified atom stereocenters. The van der Waals surface area contributed by atoms with Crippen LogP contribution in [0.2, 0.25) is 0 Å². The lowest BCUT2D eigenvalue weighted by Crippen LogP contribution is -2.65. The van der Waals surface area contributed by atoms with Crippen molar-refractivity contribution in [3.63, 3.8) is 0 Å². The molecule has 4 heterocycles. The van der Waals surface area contributed by atoms with Gasteiger partial charge in [-0.3, -0.25) is 24.3 Å². The first-order chi connectivity index (χ1) is 29.3. The summed E-state index contributed by atoms with van der Waals surface area (Å²) in [7, 11) is 2.97. The van der Waals surface area contributed by atoms with Gasteiger partial charge in [0.05, 0.1) is 61.7 Å². The first-order valence-electron chi connectivity index (χ1n) is 20.1. The number of carbonyl (C=O) groups excluding carboxylic acids is 4. The fourth-order valence-corrected chi connectivity index (χ4v) is 7.84. The molecule has 0 aromatic heterocycles. The highest BCUT2D eigenvalue weighted by Crippen LogP contribution is 2.44. The van der Waals surface area contributed by atoms with Crippen LogP contribution in [0.5, 0.6) is 23.0 Å². The van der Waals surface area contributed by atoms with Crippen molar-refractivity contribution in [1.29, 1.82) is 0 Å². The van der Waals surface area contributed by atoms with Crippen LogP contribution in [0, 0.1) is 0 Å². The molecule has 61 heavy (non-hydrogen) atoms. The first kappa shape index (κ1) is 42.7. The zero-order valence-electron chi connectivity index (χ0n) is 34.9. The Hall–Kier alpha value is -6.43. The van der Waals surface area contributed by atoms with Crippen LogP contribution in [0.25, 0.3) is 0 Å². The van der Waals surface area contributed by atoms with Gasteiger partial charge in [-0.05, 0) is 69.4 Å². The highest BCUT2D eigenvalue weighted by Gasteiger charge is 2.53. The predicted octanol–water partition coefficient (Wildman–Crippen LogP) is 5.66. The van der Waals surface area contributed by atoms with E-state index in [0.717, 1.165) is 27.5 Å². The van der Waals surface area contributed by atoms with E-state index in [1.165, 1.54) is 31.3 Å². The van der Waals surface area contributed by atoms with Gasteiger partial charge >= 0.3 is 6.09 Å². The van der Waals surface area contributed by atoms with Gasteiger partial charge in [-0.15, -0.1) is 0 Å². The molecule has 0 fully saturated rings. The number of amides is 4. The molecule has 4 amide bonds. The van der Waals surface area contributed by atoms with Crippen LogP contribution in [0.3, 0.4) is 0 Å². The SMILES string of the molecule is CCC(=O)N(N)c1ccc(COC(=O)N2c3cc(OCCCCCOc4cc5c(cc4OC)C(=O)N4C=C(C)CC4C=N5)c(OC)cc3C(=O)N3C=C(C)C[C@@]3(N)[C@@H]2O)cc1. The molecule has 5 N–H and O–H groups in total. The molecule has 3 aromatic rings. The quantitative estimate of drug-likeness (QED) is 0.0777. The zero-order valence-corrected chi connectivity index (χ0v) is 34.9. The van der Waals surface area contributed by atoms with Gasteiger partial charge in [0, 0.05) is 43.6 Å². The van der Waals surface area contributed by atoms with Gasteiger partial charge in [-0.1, -0.05) is 30.2 Å². The van der Waals surface area contributed by atoms with E-state index < -0.39 is 23.9 Å². The first-order valence-corrected chi connectivity index (χ1v) is 20.1. The maximum Gasteiger partial charge on any atom is 0.416 e. The van der Waals surface area contributed by atoms with Gasteiger partial charge in [0.15, 0.2) is 29.2 Å². The number of ether oxygens (including phenoxy) is 5. The average Bonchev–Trinajstić information content (AvgIpc) is 3.75. The third-order valence-electron chi connectivity index (χ3n) is 11.1. The monoisotopic (exact) mass is 837 g/mol. The van der Waals surface area contributed by atoms with Crippen LogP contribution in [-0.2, 0) is 16.1 Å². The standard InChI is InChI=1S/C44H51N7O10/c1-6-39(52)51(46)29-12-10-28(11-13-29)25-61-43(56)50-34-20-38(36(58-5)18-32(34)41(54)49-24-27(3)21-44(49,45)42(50)55)60-15-9-7-8-14-59-37-19-33-31(17-35(37)57-4)40(53)48-23-26(2)16-30(48)22-47-33/h10-13,17-20,22-24,30,42,55H,6-9,14-16,21,25,45-46H2,1-5H3/t30?,42-,44-/m0/s1. The molecule has 0 bridgehead atoms. The molecule has 0 aliphatic carbocycles. The summed E-state index contributed by atoms with van der Waals surface area (Å²) in [6.07, 6.45) is 5.60. The van der Waals surface area contributed by atoms with E-state index in [-0.39, 0.29) is 66.7 Å². The normalized spacial score (nSPS) is 20.1.